The Morgan fingerprint density at radius 1 is 1.27 bits per heavy atom. The first kappa shape index (κ1) is 16.8. The second-order valence-electron chi connectivity index (χ2n) is 5.83. The van der Waals surface area contributed by atoms with Gasteiger partial charge in [-0.15, -0.1) is 0 Å². The molecule has 0 amide bonds. The zero-order valence-electron chi connectivity index (χ0n) is 13.3. The lowest BCUT2D eigenvalue weighted by atomic mass is 10.1. The van der Waals surface area contributed by atoms with Crippen LogP contribution in [0, 0.1) is 0 Å². The summed E-state index contributed by atoms with van der Waals surface area (Å²) in [6.45, 7) is 3.76. The molecule has 1 heterocycles. The van der Waals surface area contributed by atoms with Crippen molar-refractivity contribution in [2.75, 3.05) is 26.7 Å². The largest absolute Gasteiger partial charge is 0.496 e. The zero-order valence-corrected chi connectivity index (χ0v) is 13.3. The van der Waals surface area contributed by atoms with Crippen LogP contribution in [0.25, 0.3) is 0 Å². The average molecular weight is 306 g/mol. The van der Waals surface area contributed by atoms with Gasteiger partial charge in [-0.2, -0.15) is 0 Å². The number of carbonyl (C=O) groups is 1. The number of ether oxygens (including phenoxy) is 1. The Balaban J connectivity index is 1.96. The molecule has 0 atom stereocenters. The second kappa shape index (κ2) is 8.76. The van der Waals surface area contributed by atoms with Crippen LogP contribution in [0.3, 0.4) is 0 Å². The highest BCUT2D eigenvalue weighted by atomic mass is 16.5. The molecule has 0 spiro atoms. The molecule has 22 heavy (non-hydrogen) atoms. The molecule has 0 saturated carbocycles. The van der Waals surface area contributed by atoms with Crippen molar-refractivity contribution in [3.8, 4) is 5.75 Å². The smallest absolute Gasteiger partial charge is 0.317 e. The highest BCUT2D eigenvalue weighted by Crippen LogP contribution is 2.22. The summed E-state index contributed by atoms with van der Waals surface area (Å²) in [5.74, 6) is -0.0260. The minimum Gasteiger partial charge on any atom is -0.496 e. The molecule has 0 aromatic heterocycles. The van der Waals surface area contributed by atoms with Gasteiger partial charge in [-0.3, -0.25) is 9.69 Å². The molecule has 0 unspecified atom stereocenters. The van der Waals surface area contributed by atoms with Crippen LogP contribution in [0.1, 0.15) is 36.8 Å². The lowest BCUT2D eigenvalue weighted by Gasteiger charge is -2.20. The first-order chi connectivity index (χ1) is 10.7. The number of rotatable bonds is 7. The van der Waals surface area contributed by atoms with E-state index in [-0.39, 0.29) is 6.54 Å². The van der Waals surface area contributed by atoms with E-state index in [1.807, 2.05) is 6.07 Å². The van der Waals surface area contributed by atoms with Gasteiger partial charge in [-0.1, -0.05) is 25.0 Å². The molecule has 1 saturated heterocycles. The van der Waals surface area contributed by atoms with Gasteiger partial charge >= 0.3 is 5.97 Å². The number of aliphatic carboxylic acids is 1. The molecule has 5 heteroatoms. The van der Waals surface area contributed by atoms with Gasteiger partial charge < -0.3 is 15.2 Å². The third-order valence-corrected chi connectivity index (χ3v) is 4.05. The van der Waals surface area contributed by atoms with Crippen LogP contribution in [0.4, 0.5) is 0 Å². The Labute approximate surface area is 132 Å². The normalized spacial score (nSPS) is 16.2. The zero-order chi connectivity index (χ0) is 15.8. The molecule has 122 valence electrons. The summed E-state index contributed by atoms with van der Waals surface area (Å²) in [5.41, 5.74) is 2.24. The van der Waals surface area contributed by atoms with Gasteiger partial charge in [0.2, 0.25) is 0 Å². The van der Waals surface area contributed by atoms with E-state index in [1.165, 1.54) is 44.3 Å². The minimum absolute atomic E-state index is 0.0430. The Morgan fingerprint density at radius 3 is 2.64 bits per heavy atom. The number of nitrogens with zero attached hydrogens (tertiary/aromatic N) is 1. The molecule has 1 aliphatic heterocycles. The van der Waals surface area contributed by atoms with Crippen LogP contribution >= 0.6 is 0 Å². The number of benzene rings is 1. The predicted octanol–water partition coefficient (Wildman–Crippen LogP) is 2.25. The van der Waals surface area contributed by atoms with E-state index in [4.69, 9.17) is 9.84 Å². The van der Waals surface area contributed by atoms with Crippen LogP contribution < -0.4 is 10.1 Å². The van der Waals surface area contributed by atoms with Crippen LogP contribution in [-0.2, 0) is 17.9 Å². The quantitative estimate of drug-likeness (QED) is 0.809. The molecular weight excluding hydrogens is 280 g/mol. The summed E-state index contributed by atoms with van der Waals surface area (Å²) in [6, 6.07) is 6.22. The fourth-order valence-electron chi connectivity index (χ4n) is 2.89. The van der Waals surface area contributed by atoms with Crippen LogP contribution in [0.5, 0.6) is 5.75 Å². The van der Waals surface area contributed by atoms with Crippen molar-refractivity contribution >= 4 is 5.97 Å². The maximum absolute atomic E-state index is 10.5. The lowest BCUT2D eigenvalue weighted by molar-refractivity contribution is -0.136. The molecule has 1 fully saturated rings. The van der Waals surface area contributed by atoms with Crippen molar-refractivity contribution in [3.63, 3.8) is 0 Å². The van der Waals surface area contributed by atoms with E-state index in [9.17, 15) is 4.79 Å². The van der Waals surface area contributed by atoms with Gasteiger partial charge in [0.15, 0.2) is 0 Å². The number of methoxy groups -OCH3 is 1. The van der Waals surface area contributed by atoms with E-state index in [0.29, 0.717) is 6.54 Å². The first-order valence-corrected chi connectivity index (χ1v) is 7.99. The Kier molecular flexibility index (Phi) is 6.68. The monoisotopic (exact) mass is 306 g/mol. The van der Waals surface area contributed by atoms with Gasteiger partial charge in [-0.25, -0.2) is 0 Å². The van der Waals surface area contributed by atoms with Crippen molar-refractivity contribution < 1.29 is 14.6 Å². The standard InChI is InChI=1S/C17H26N2O3/c1-22-16-10-14(13-19-8-4-2-3-5-9-19)6-7-15(16)11-18-12-17(20)21/h6-7,10,18H,2-5,8-9,11-13H2,1H3,(H,20,21). The number of likely N-dealkylation sites (tertiary alicyclic amines) is 1. The number of carboxylic acid groups (broad SMARTS) is 1. The van der Waals surface area contributed by atoms with Gasteiger partial charge in [-0.05, 0) is 37.6 Å². The fourth-order valence-corrected chi connectivity index (χ4v) is 2.89. The van der Waals surface area contributed by atoms with E-state index in [0.717, 1.165) is 17.9 Å². The molecule has 5 nitrogen and oxygen atoms in total. The highest BCUT2D eigenvalue weighted by Gasteiger charge is 2.11. The minimum atomic E-state index is -0.850. The lowest BCUT2D eigenvalue weighted by Crippen LogP contribution is -2.24. The predicted molar refractivity (Wildman–Crippen MR) is 86.1 cm³/mol. The van der Waals surface area contributed by atoms with E-state index in [1.54, 1.807) is 7.11 Å². The molecule has 2 rings (SSSR count). The van der Waals surface area contributed by atoms with Crippen LogP contribution in [-0.4, -0.2) is 42.7 Å². The number of hydrogen-bond acceptors (Lipinski definition) is 4. The maximum Gasteiger partial charge on any atom is 0.317 e. The van der Waals surface area contributed by atoms with Gasteiger partial charge in [0.25, 0.3) is 0 Å². The molecule has 1 aliphatic rings. The van der Waals surface area contributed by atoms with Crippen molar-refractivity contribution in [2.45, 2.75) is 38.8 Å². The number of hydrogen-bond donors (Lipinski definition) is 2. The van der Waals surface area contributed by atoms with Crippen molar-refractivity contribution in [3.05, 3.63) is 29.3 Å². The summed E-state index contributed by atoms with van der Waals surface area (Å²) < 4.78 is 5.45. The van der Waals surface area contributed by atoms with Gasteiger partial charge in [0, 0.05) is 18.7 Å². The number of nitrogens with one attached hydrogen (secondary N) is 1. The SMILES string of the molecule is COc1cc(CN2CCCCCC2)ccc1CNCC(=O)O. The van der Waals surface area contributed by atoms with Gasteiger partial charge in [0.05, 0.1) is 13.7 Å². The van der Waals surface area contributed by atoms with Crippen LogP contribution in [0.15, 0.2) is 18.2 Å². The summed E-state index contributed by atoms with van der Waals surface area (Å²) in [6.07, 6.45) is 5.25. The van der Waals surface area contributed by atoms with Crippen molar-refractivity contribution in [1.29, 1.82) is 0 Å². The molecule has 2 N–H and O–H groups in total. The van der Waals surface area contributed by atoms with Gasteiger partial charge in [0.1, 0.15) is 5.75 Å². The third kappa shape index (κ3) is 5.31. The van der Waals surface area contributed by atoms with E-state index in [2.05, 4.69) is 22.3 Å². The molecule has 0 aliphatic carbocycles. The first-order valence-electron chi connectivity index (χ1n) is 7.99. The molecule has 1 aromatic carbocycles. The van der Waals surface area contributed by atoms with Crippen molar-refractivity contribution in [1.82, 2.24) is 10.2 Å². The summed E-state index contributed by atoms with van der Waals surface area (Å²) in [4.78, 5) is 13.1. The average Bonchev–Trinajstić information content (AvgIpc) is 2.76. The fraction of sp³-hybridized carbons (Fsp3) is 0.588. The summed E-state index contributed by atoms with van der Waals surface area (Å²) >= 11 is 0. The van der Waals surface area contributed by atoms with E-state index < -0.39 is 5.97 Å². The third-order valence-electron chi connectivity index (χ3n) is 4.05. The summed E-state index contributed by atoms with van der Waals surface area (Å²) in [5, 5.41) is 11.6. The molecule has 1 aromatic rings. The topological polar surface area (TPSA) is 61.8 Å². The molecular formula is C17H26N2O3. The Hall–Kier alpha value is -1.59. The Bertz CT molecular complexity index is 483. The molecule has 0 bridgehead atoms. The highest BCUT2D eigenvalue weighted by molar-refractivity contribution is 5.69. The second-order valence-corrected chi connectivity index (χ2v) is 5.83. The van der Waals surface area contributed by atoms with E-state index >= 15 is 0 Å². The Morgan fingerprint density at radius 2 is 2.00 bits per heavy atom. The van der Waals surface area contributed by atoms with Crippen LogP contribution in [0.2, 0.25) is 0 Å². The summed E-state index contributed by atoms with van der Waals surface area (Å²) in [7, 11) is 1.66. The maximum atomic E-state index is 10.5. The number of carboxylic acids is 1. The van der Waals surface area contributed by atoms with Crippen molar-refractivity contribution in [2.24, 2.45) is 0 Å². The molecule has 0 radical (unpaired) electrons.